The fourth-order valence-electron chi connectivity index (χ4n) is 2.10. The minimum atomic E-state index is -0.546. The molecule has 0 aromatic heterocycles. The van der Waals surface area contributed by atoms with Gasteiger partial charge in [-0.25, -0.2) is 0 Å². The molecule has 0 radical (unpaired) electrons. The third kappa shape index (κ3) is 4.18. The average molecular weight is 423 g/mol. The molecular formula is C17H15BrN2O4S. The van der Waals surface area contributed by atoms with E-state index in [0.29, 0.717) is 28.1 Å². The molecule has 2 amide bonds. The van der Waals surface area contributed by atoms with Crippen LogP contribution in [0, 0.1) is 12.3 Å². The summed E-state index contributed by atoms with van der Waals surface area (Å²) in [7, 11) is 1.50. The van der Waals surface area contributed by atoms with Crippen LogP contribution in [0.4, 0.5) is 0 Å². The van der Waals surface area contributed by atoms with Crippen molar-refractivity contribution in [1.29, 1.82) is 0 Å². The highest BCUT2D eigenvalue weighted by molar-refractivity contribution is 9.10. The summed E-state index contributed by atoms with van der Waals surface area (Å²) in [5, 5.41) is 2.53. The van der Waals surface area contributed by atoms with Crippen molar-refractivity contribution in [3.8, 4) is 23.8 Å². The van der Waals surface area contributed by atoms with Gasteiger partial charge in [0.25, 0.3) is 11.8 Å². The van der Waals surface area contributed by atoms with Crippen LogP contribution in [0.2, 0.25) is 0 Å². The quantitative estimate of drug-likeness (QED) is 0.340. The van der Waals surface area contributed by atoms with Crippen LogP contribution in [0.5, 0.6) is 11.5 Å². The number of carbonyl (C=O) groups excluding carboxylic acids is 2. The first-order valence-corrected chi connectivity index (χ1v) is 8.46. The van der Waals surface area contributed by atoms with Crippen LogP contribution >= 0.6 is 28.1 Å². The molecule has 1 aliphatic heterocycles. The zero-order chi connectivity index (χ0) is 18.6. The standard InChI is InChI=1S/C17H15BrN2O4S/c1-4-6-24-14-12(18)8-10(9-13(14)23-5-2)7-11-15(21)19-17(25)20(3)16(11)22/h1,7-9H,5-6H2,2-3H3,(H,19,21,25)/b11-7+. The van der Waals surface area contributed by atoms with Gasteiger partial charge < -0.3 is 9.47 Å². The van der Waals surface area contributed by atoms with Gasteiger partial charge in [-0.2, -0.15) is 0 Å². The number of hydrogen-bond acceptors (Lipinski definition) is 5. The molecule has 1 fully saturated rings. The molecule has 1 saturated heterocycles. The molecule has 8 heteroatoms. The van der Waals surface area contributed by atoms with Crippen molar-refractivity contribution in [2.75, 3.05) is 20.3 Å². The Kier molecular flexibility index (Phi) is 6.17. The van der Waals surface area contributed by atoms with Crippen LogP contribution < -0.4 is 14.8 Å². The summed E-state index contributed by atoms with van der Waals surface area (Å²) in [5.74, 6) is 2.27. The molecule has 6 nitrogen and oxygen atoms in total. The van der Waals surface area contributed by atoms with Crippen molar-refractivity contribution in [2.45, 2.75) is 6.92 Å². The normalized spacial score (nSPS) is 15.8. The first-order valence-electron chi connectivity index (χ1n) is 7.26. The van der Waals surface area contributed by atoms with Crippen molar-refractivity contribution in [1.82, 2.24) is 10.2 Å². The molecule has 25 heavy (non-hydrogen) atoms. The van der Waals surface area contributed by atoms with Gasteiger partial charge in [-0.3, -0.25) is 19.8 Å². The lowest BCUT2D eigenvalue weighted by molar-refractivity contribution is -0.128. The van der Waals surface area contributed by atoms with Crippen LogP contribution in [0.1, 0.15) is 12.5 Å². The number of hydrogen-bond donors (Lipinski definition) is 1. The largest absolute Gasteiger partial charge is 0.490 e. The molecule has 2 rings (SSSR count). The number of rotatable bonds is 5. The predicted molar refractivity (Wildman–Crippen MR) is 101 cm³/mol. The van der Waals surface area contributed by atoms with Crippen molar-refractivity contribution in [3.63, 3.8) is 0 Å². The number of benzene rings is 1. The summed E-state index contributed by atoms with van der Waals surface area (Å²) in [6.07, 6.45) is 6.69. The third-order valence-corrected chi connectivity index (χ3v) is 4.21. The number of thiocarbonyl (C=S) groups is 1. The molecule has 0 aliphatic carbocycles. The maximum atomic E-state index is 12.3. The van der Waals surface area contributed by atoms with E-state index in [1.54, 1.807) is 12.1 Å². The second-order valence-corrected chi connectivity index (χ2v) is 6.18. The van der Waals surface area contributed by atoms with Gasteiger partial charge in [0.15, 0.2) is 16.6 Å². The van der Waals surface area contributed by atoms with Crippen LogP contribution in [-0.2, 0) is 9.59 Å². The number of halogens is 1. The maximum absolute atomic E-state index is 12.3. The average Bonchev–Trinajstić information content (AvgIpc) is 2.56. The Labute approximate surface area is 159 Å². The van der Waals surface area contributed by atoms with Gasteiger partial charge in [-0.1, -0.05) is 5.92 Å². The smallest absolute Gasteiger partial charge is 0.265 e. The fourth-order valence-corrected chi connectivity index (χ4v) is 2.85. The van der Waals surface area contributed by atoms with Gasteiger partial charge in [-0.15, -0.1) is 6.42 Å². The molecular weight excluding hydrogens is 408 g/mol. The number of ether oxygens (including phenoxy) is 2. The van der Waals surface area contributed by atoms with E-state index in [2.05, 4.69) is 27.2 Å². The Morgan fingerprint density at radius 3 is 2.76 bits per heavy atom. The fraction of sp³-hybridized carbons (Fsp3) is 0.235. The molecule has 1 aliphatic rings. The van der Waals surface area contributed by atoms with Crippen LogP contribution in [-0.4, -0.2) is 42.1 Å². The molecule has 1 N–H and O–H groups in total. The van der Waals surface area contributed by atoms with E-state index >= 15 is 0 Å². The minimum Gasteiger partial charge on any atom is -0.490 e. The third-order valence-electron chi connectivity index (χ3n) is 3.25. The Morgan fingerprint density at radius 2 is 2.12 bits per heavy atom. The summed E-state index contributed by atoms with van der Waals surface area (Å²) in [6.45, 7) is 2.33. The SMILES string of the molecule is C#CCOc1c(Br)cc(/C=C2\C(=O)NC(=S)N(C)C2=O)cc1OCC. The molecule has 130 valence electrons. The number of likely N-dealkylation sites (N-methyl/N-ethyl adjacent to an activating group) is 1. The Bertz CT molecular complexity index is 814. The van der Waals surface area contributed by atoms with Gasteiger partial charge in [0.1, 0.15) is 12.2 Å². The summed E-state index contributed by atoms with van der Waals surface area (Å²) >= 11 is 8.31. The van der Waals surface area contributed by atoms with Gasteiger partial charge in [0, 0.05) is 7.05 Å². The van der Waals surface area contributed by atoms with Crippen LogP contribution in [0.25, 0.3) is 6.08 Å². The molecule has 0 unspecified atom stereocenters. The summed E-state index contributed by atoms with van der Waals surface area (Å²) in [4.78, 5) is 25.5. The second kappa shape index (κ2) is 8.14. The van der Waals surface area contributed by atoms with E-state index in [4.69, 9.17) is 28.1 Å². The second-order valence-electron chi connectivity index (χ2n) is 4.94. The topological polar surface area (TPSA) is 67.9 Å². The van der Waals surface area contributed by atoms with Gasteiger partial charge in [0.2, 0.25) is 0 Å². The number of amides is 2. The van der Waals surface area contributed by atoms with E-state index in [9.17, 15) is 9.59 Å². The minimum absolute atomic E-state index is 0.0252. The van der Waals surface area contributed by atoms with E-state index in [0.717, 1.165) is 0 Å². The van der Waals surface area contributed by atoms with Crippen molar-refractivity contribution in [2.24, 2.45) is 0 Å². The lowest BCUT2D eigenvalue weighted by Gasteiger charge is -2.25. The predicted octanol–water partition coefficient (Wildman–Crippen LogP) is 2.12. The van der Waals surface area contributed by atoms with Gasteiger partial charge >= 0.3 is 0 Å². The molecule has 1 aromatic rings. The molecule has 0 spiro atoms. The number of nitrogens with zero attached hydrogens (tertiary/aromatic N) is 1. The van der Waals surface area contributed by atoms with E-state index < -0.39 is 11.8 Å². The Hall–Kier alpha value is -2.37. The monoisotopic (exact) mass is 422 g/mol. The summed E-state index contributed by atoms with van der Waals surface area (Å²) in [5.41, 5.74) is 0.561. The molecule has 1 heterocycles. The van der Waals surface area contributed by atoms with Crippen molar-refractivity contribution >= 4 is 51.2 Å². The highest BCUT2D eigenvalue weighted by Gasteiger charge is 2.30. The highest BCUT2D eigenvalue weighted by Crippen LogP contribution is 2.37. The van der Waals surface area contributed by atoms with E-state index in [-0.39, 0.29) is 17.3 Å². The van der Waals surface area contributed by atoms with E-state index in [1.165, 1.54) is 18.0 Å². The first kappa shape index (κ1) is 19.0. The number of terminal acetylenes is 1. The highest BCUT2D eigenvalue weighted by atomic mass is 79.9. The summed E-state index contributed by atoms with van der Waals surface area (Å²) < 4.78 is 11.6. The lowest BCUT2D eigenvalue weighted by atomic mass is 10.1. The number of carbonyl (C=O) groups is 2. The molecule has 1 aromatic carbocycles. The van der Waals surface area contributed by atoms with Crippen LogP contribution in [0.3, 0.4) is 0 Å². The zero-order valence-corrected chi connectivity index (χ0v) is 16.0. The molecule has 0 bridgehead atoms. The van der Waals surface area contributed by atoms with Gasteiger partial charge in [0.05, 0.1) is 11.1 Å². The van der Waals surface area contributed by atoms with Crippen molar-refractivity contribution < 1.29 is 19.1 Å². The van der Waals surface area contributed by atoms with Crippen LogP contribution in [0.15, 0.2) is 22.2 Å². The molecule has 0 saturated carbocycles. The Balaban J connectivity index is 2.45. The van der Waals surface area contributed by atoms with Gasteiger partial charge in [-0.05, 0) is 58.8 Å². The first-order chi connectivity index (χ1) is 11.9. The Morgan fingerprint density at radius 1 is 1.40 bits per heavy atom. The molecule has 0 atom stereocenters. The maximum Gasteiger partial charge on any atom is 0.265 e. The lowest BCUT2D eigenvalue weighted by Crippen LogP contribution is -2.52. The van der Waals surface area contributed by atoms with E-state index in [1.807, 2.05) is 6.92 Å². The zero-order valence-electron chi connectivity index (χ0n) is 13.6. The van der Waals surface area contributed by atoms with Crippen molar-refractivity contribution in [3.05, 3.63) is 27.7 Å². The number of nitrogens with one attached hydrogen (secondary N) is 1. The summed E-state index contributed by atoms with van der Waals surface area (Å²) in [6, 6.07) is 3.37.